The van der Waals surface area contributed by atoms with Gasteiger partial charge in [-0.25, -0.2) is 4.79 Å². The zero-order valence-electron chi connectivity index (χ0n) is 9.92. The molecule has 2 aromatic heterocycles. The normalized spacial score (nSPS) is 11.1. The van der Waals surface area contributed by atoms with Gasteiger partial charge in [0, 0.05) is 23.5 Å². The van der Waals surface area contributed by atoms with Crippen LogP contribution in [0.25, 0.3) is 22.4 Å². The van der Waals surface area contributed by atoms with Gasteiger partial charge in [-0.05, 0) is 24.3 Å². The van der Waals surface area contributed by atoms with Crippen LogP contribution in [-0.2, 0) is 7.05 Å². The average Bonchev–Trinajstić information content (AvgIpc) is 2.91. The van der Waals surface area contributed by atoms with Gasteiger partial charge >= 0.3 is 5.97 Å². The number of carboxylic acids is 1. The summed E-state index contributed by atoms with van der Waals surface area (Å²) in [6, 6.07) is 8.59. The molecule has 0 fully saturated rings. The van der Waals surface area contributed by atoms with Crippen LogP contribution in [0.5, 0.6) is 0 Å². The van der Waals surface area contributed by atoms with Crippen molar-refractivity contribution >= 4 is 28.5 Å². The zero-order valence-corrected chi connectivity index (χ0v) is 10.7. The van der Waals surface area contributed by atoms with Crippen molar-refractivity contribution in [1.82, 2.24) is 9.78 Å². The number of aromatic carboxylic acids is 1. The molecule has 19 heavy (non-hydrogen) atoms. The number of halogens is 1. The van der Waals surface area contributed by atoms with Crippen LogP contribution >= 0.6 is 11.6 Å². The second kappa shape index (κ2) is 4.13. The Bertz CT molecular complexity index is 788. The highest BCUT2D eigenvalue weighted by atomic mass is 35.5. The third-order valence-corrected chi connectivity index (χ3v) is 3.06. The number of rotatable bonds is 2. The summed E-state index contributed by atoms with van der Waals surface area (Å²) in [6.45, 7) is 0. The number of nitrogens with zero attached hydrogens (tertiary/aromatic N) is 2. The fourth-order valence-electron chi connectivity index (χ4n) is 1.94. The lowest BCUT2D eigenvalue weighted by atomic mass is 10.2. The van der Waals surface area contributed by atoms with Gasteiger partial charge in [0.1, 0.15) is 11.3 Å². The highest BCUT2D eigenvalue weighted by Crippen LogP contribution is 2.29. The Morgan fingerprint density at radius 1 is 1.37 bits per heavy atom. The number of benzene rings is 1. The van der Waals surface area contributed by atoms with Crippen molar-refractivity contribution in [2.24, 2.45) is 7.05 Å². The van der Waals surface area contributed by atoms with Crippen LogP contribution in [0.3, 0.4) is 0 Å². The number of aromatic nitrogens is 2. The minimum Gasteiger partial charge on any atom is -0.476 e. The van der Waals surface area contributed by atoms with Gasteiger partial charge in [0.05, 0.1) is 0 Å². The molecule has 5 nitrogen and oxygen atoms in total. The van der Waals surface area contributed by atoms with Gasteiger partial charge < -0.3 is 9.52 Å². The zero-order chi connectivity index (χ0) is 13.6. The van der Waals surface area contributed by atoms with E-state index in [1.807, 2.05) is 6.07 Å². The number of fused-ring (bicyclic) bond motifs is 1. The van der Waals surface area contributed by atoms with E-state index in [4.69, 9.17) is 21.1 Å². The Balaban J connectivity index is 2.16. The summed E-state index contributed by atoms with van der Waals surface area (Å²) < 4.78 is 7.15. The van der Waals surface area contributed by atoms with Gasteiger partial charge in [0.25, 0.3) is 0 Å². The highest BCUT2D eigenvalue weighted by molar-refractivity contribution is 6.31. The van der Waals surface area contributed by atoms with Gasteiger partial charge in [-0.15, -0.1) is 0 Å². The number of carboxylic acid groups (broad SMARTS) is 1. The first-order chi connectivity index (χ1) is 9.04. The lowest BCUT2D eigenvalue weighted by Crippen LogP contribution is -1.99. The van der Waals surface area contributed by atoms with Crippen LogP contribution in [0, 0.1) is 0 Å². The Morgan fingerprint density at radius 3 is 2.84 bits per heavy atom. The van der Waals surface area contributed by atoms with Crippen molar-refractivity contribution in [2.45, 2.75) is 0 Å². The van der Waals surface area contributed by atoms with Gasteiger partial charge in [0.15, 0.2) is 11.5 Å². The van der Waals surface area contributed by atoms with E-state index in [2.05, 4.69) is 5.10 Å². The maximum Gasteiger partial charge on any atom is 0.356 e. The summed E-state index contributed by atoms with van der Waals surface area (Å²) in [5, 5.41) is 14.3. The van der Waals surface area contributed by atoms with Crippen LogP contribution in [0.2, 0.25) is 5.02 Å². The molecule has 2 heterocycles. The smallest absolute Gasteiger partial charge is 0.356 e. The summed E-state index contributed by atoms with van der Waals surface area (Å²) in [5.41, 5.74) is 1.28. The molecule has 0 saturated carbocycles. The molecule has 0 radical (unpaired) electrons. The number of aryl methyl sites for hydroxylation is 1. The molecule has 0 aliphatic rings. The van der Waals surface area contributed by atoms with Gasteiger partial charge in [0.2, 0.25) is 0 Å². The summed E-state index contributed by atoms with van der Waals surface area (Å²) in [5.74, 6) is -0.513. The first-order valence-corrected chi connectivity index (χ1v) is 5.89. The first kappa shape index (κ1) is 11.8. The van der Waals surface area contributed by atoms with Crippen molar-refractivity contribution in [2.75, 3.05) is 0 Å². The highest BCUT2D eigenvalue weighted by Gasteiger charge is 2.15. The first-order valence-electron chi connectivity index (χ1n) is 5.51. The van der Waals surface area contributed by atoms with Gasteiger partial charge in [-0.3, -0.25) is 4.68 Å². The SMILES string of the molecule is Cn1nc(C(=O)O)cc1-c1cc2cc(Cl)ccc2o1. The Hall–Kier alpha value is -2.27. The molecule has 96 valence electrons. The van der Waals surface area contributed by atoms with Crippen molar-refractivity contribution < 1.29 is 14.3 Å². The molecule has 3 rings (SSSR count). The Kier molecular flexibility index (Phi) is 2.57. The molecular formula is C13H9ClN2O3. The van der Waals surface area contributed by atoms with Crippen molar-refractivity contribution in [3.63, 3.8) is 0 Å². The molecule has 1 N–H and O–H groups in total. The second-order valence-electron chi connectivity index (χ2n) is 4.14. The van der Waals surface area contributed by atoms with E-state index in [1.165, 1.54) is 10.7 Å². The minimum atomic E-state index is -1.07. The molecule has 6 heteroatoms. The predicted octanol–water partition coefficient (Wildman–Crippen LogP) is 3.18. The van der Waals surface area contributed by atoms with Crippen molar-refractivity contribution in [3.05, 3.63) is 41.0 Å². The molecule has 3 aromatic rings. The van der Waals surface area contributed by atoms with Crippen LogP contribution < -0.4 is 0 Å². The summed E-state index contributed by atoms with van der Waals surface area (Å²) in [7, 11) is 1.67. The standard InChI is InChI=1S/C13H9ClN2O3/c1-16-10(6-9(15-16)13(17)18)12-5-7-4-8(14)2-3-11(7)19-12/h2-6H,1H3,(H,17,18). The molecule has 1 aromatic carbocycles. The minimum absolute atomic E-state index is 0.0176. The van der Waals surface area contributed by atoms with E-state index in [0.29, 0.717) is 22.1 Å². The van der Waals surface area contributed by atoms with E-state index >= 15 is 0 Å². The van der Waals surface area contributed by atoms with Crippen molar-refractivity contribution in [3.8, 4) is 11.5 Å². The maximum absolute atomic E-state index is 10.9. The largest absolute Gasteiger partial charge is 0.476 e. The van der Waals surface area contributed by atoms with E-state index in [0.717, 1.165) is 5.39 Å². The lowest BCUT2D eigenvalue weighted by molar-refractivity contribution is 0.0689. The number of hydrogen-bond acceptors (Lipinski definition) is 3. The number of carbonyl (C=O) groups is 1. The monoisotopic (exact) mass is 276 g/mol. The Labute approximate surface area is 113 Å². The van der Waals surface area contributed by atoms with Crippen LogP contribution in [-0.4, -0.2) is 20.9 Å². The van der Waals surface area contributed by atoms with Gasteiger partial charge in [-0.2, -0.15) is 5.10 Å². The molecule has 0 atom stereocenters. The molecule has 0 unspecified atom stereocenters. The maximum atomic E-state index is 10.9. The van der Waals surface area contributed by atoms with Crippen molar-refractivity contribution in [1.29, 1.82) is 0 Å². The summed E-state index contributed by atoms with van der Waals surface area (Å²) >= 11 is 5.91. The molecule has 0 bridgehead atoms. The van der Waals surface area contributed by atoms with Crippen LogP contribution in [0.15, 0.2) is 34.7 Å². The molecule has 0 aliphatic carbocycles. The van der Waals surface area contributed by atoms with Crippen LogP contribution in [0.4, 0.5) is 0 Å². The quantitative estimate of drug-likeness (QED) is 0.780. The molecular weight excluding hydrogens is 268 g/mol. The van der Waals surface area contributed by atoms with Gasteiger partial charge in [-0.1, -0.05) is 11.6 Å². The van der Waals surface area contributed by atoms with E-state index in [-0.39, 0.29) is 5.69 Å². The lowest BCUT2D eigenvalue weighted by Gasteiger charge is -1.95. The average molecular weight is 277 g/mol. The summed E-state index contributed by atoms with van der Waals surface area (Å²) in [6.07, 6.45) is 0. The number of hydrogen-bond donors (Lipinski definition) is 1. The van der Waals surface area contributed by atoms with E-state index in [9.17, 15) is 4.79 Å². The van der Waals surface area contributed by atoms with Crippen LogP contribution in [0.1, 0.15) is 10.5 Å². The predicted molar refractivity (Wildman–Crippen MR) is 70.4 cm³/mol. The molecule has 0 amide bonds. The topological polar surface area (TPSA) is 68.3 Å². The summed E-state index contributed by atoms with van der Waals surface area (Å²) in [4.78, 5) is 10.9. The molecule has 0 aliphatic heterocycles. The second-order valence-corrected chi connectivity index (χ2v) is 4.57. The van der Waals surface area contributed by atoms with E-state index < -0.39 is 5.97 Å². The molecule has 0 spiro atoms. The number of furan rings is 1. The fourth-order valence-corrected chi connectivity index (χ4v) is 2.12. The third kappa shape index (κ3) is 1.98. The third-order valence-electron chi connectivity index (χ3n) is 2.83. The fraction of sp³-hybridized carbons (Fsp3) is 0.0769. The molecule has 0 saturated heterocycles. The van der Waals surface area contributed by atoms with E-state index in [1.54, 1.807) is 25.2 Å². The Morgan fingerprint density at radius 2 is 2.16 bits per heavy atom.